The Bertz CT molecular complexity index is 1050. The molecule has 3 aromatic rings. The van der Waals surface area contributed by atoms with Crippen LogP contribution in [-0.4, -0.2) is 43.2 Å². The van der Waals surface area contributed by atoms with Gasteiger partial charge in [0.25, 0.3) is 5.91 Å². The van der Waals surface area contributed by atoms with Crippen LogP contribution >= 0.6 is 0 Å². The van der Waals surface area contributed by atoms with Crippen molar-refractivity contribution < 1.29 is 14.3 Å². The number of rotatable bonds is 4. The molecular formula is C20H21N5O3. The molecule has 144 valence electrons. The van der Waals surface area contributed by atoms with Gasteiger partial charge in [0.1, 0.15) is 5.82 Å². The van der Waals surface area contributed by atoms with Gasteiger partial charge in [-0.3, -0.25) is 10.1 Å². The van der Waals surface area contributed by atoms with Crippen molar-refractivity contribution in [1.82, 2.24) is 4.98 Å². The minimum atomic E-state index is -0.771. The highest BCUT2D eigenvalue weighted by atomic mass is 16.5. The van der Waals surface area contributed by atoms with Crippen LogP contribution < -0.4 is 21.7 Å². The zero-order chi connectivity index (χ0) is 19.7. The molecule has 0 saturated carbocycles. The molecule has 1 fully saturated rings. The van der Waals surface area contributed by atoms with Crippen LogP contribution in [0, 0.1) is 0 Å². The molecule has 0 bridgehead atoms. The number of hydrogen-bond acceptors (Lipinski definition) is 4. The van der Waals surface area contributed by atoms with Crippen molar-refractivity contribution in [3.8, 4) is 11.1 Å². The molecule has 0 atom stereocenters. The third-order valence-electron chi connectivity index (χ3n) is 4.85. The molecule has 0 radical (unpaired) electrons. The van der Waals surface area contributed by atoms with Gasteiger partial charge in [0.05, 0.1) is 18.8 Å². The number of nitrogens with zero attached hydrogens (tertiary/aromatic N) is 1. The number of urea groups is 1. The molecule has 0 unspecified atom stereocenters. The standard InChI is InChI=1S/C20H21N5O3/c21-18(26)17-15-5-4-13(11-16(15)23-19(17)24-20(22)27)12-2-1-3-14(10-12)25-6-8-28-9-7-25/h1-5,10-11,23H,6-9H2,(H2,21,26)(H3,22,24,27). The minimum absolute atomic E-state index is 0.203. The van der Waals surface area contributed by atoms with Crippen molar-refractivity contribution in [3.05, 3.63) is 48.0 Å². The number of primary amides is 2. The highest BCUT2D eigenvalue weighted by molar-refractivity contribution is 6.13. The summed E-state index contributed by atoms with van der Waals surface area (Å²) in [5.74, 6) is -0.439. The highest BCUT2D eigenvalue weighted by Gasteiger charge is 2.18. The Morgan fingerprint density at radius 1 is 1.04 bits per heavy atom. The molecule has 3 amide bonds. The molecule has 1 aliphatic rings. The molecule has 6 N–H and O–H groups in total. The van der Waals surface area contributed by atoms with Crippen molar-refractivity contribution in [2.45, 2.75) is 0 Å². The number of hydrogen-bond donors (Lipinski definition) is 4. The first kappa shape index (κ1) is 17.9. The topological polar surface area (TPSA) is 126 Å². The van der Waals surface area contributed by atoms with Gasteiger partial charge < -0.3 is 26.1 Å². The van der Waals surface area contributed by atoms with Crippen LogP contribution in [0.5, 0.6) is 0 Å². The van der Waals surface area contributed by atoms with Crippen molar-refractivity contribution in [3.63, 3.8) is 0 Å². The Labute approximate surface area is 161 Å². The molecule has 2 aromatic carbocycles. The Hall–Kier alpha value is -3.52. The number of benzene rings is 2. The van der Waals surface area contributed by atoms with Crippen molar-refractivity contribution >= 4 is 34.3 Å². The van der Waals surface area contributed by atoms with Gasteiger partial charge in [-0.1, -0.05) is 24.3 Å². The molecule has 1 aliphatic heterocycles. The molecule has 0 aliphatic carbocycles. The van der Waals surface area contributed by atoms with E-state index in [2.05, 4.69) is 27.3 Å². The monoisotopic (exact) mass is 379 g/mol. The van der Waals surface area contributed by atoms with Crippen LogP contribution in [0.3, 0.4) is 0 Å². The summed E-state index contributed by atoms with van der Waals surface area (Å²) >= 11 is 0. The van der Waals surface area contributed by atoms with E-state index in [1.54, 1.807) is 0 Å². The summed E-state index contributed by atoms with van der Waals surface area (Å²) in [5.41, 5.74) is 14.7. The lowest BCUT2D eigenvalue weighted by Crippen LogP contribution is -2.36. The smallest absolute Gasteiger partial charge is 0.317 e. The number of fused-ring (bicyclic) bond motifs is 1. The maximum Gasteiger partial charge on any atom is 0.317 e. The lowest BCUT2D eigenvalue weighted by Gasteiger charge is -2.29. The normalized spacial score (nSPS) is 14.2. The molecular weight excluding hydrogens is 358 g/mol. The molecule has 1 aromatic heterocycles. The number of ether oxygens (including phenoxy) is 1. The Kier molecular flexibility index (Phi) is 4.62. The highest BCUT2D eigenvalue weighted by Crippen LogP contribution is 2.31. The summed E-state index contributed by atoms with van der Waals surface area (Å²) in [6, 6.07) is 13.2. The Morgan fingerprint density at radius 3 is 2.50 bits per heavy atom. The van der Waals surface area contributed by atoms with Crippen LogP contribution in [0.4, 0.5) is 16.3 Å². The van der Waals surface area contributed by atoms with Crippen LogP contribution in [0.2, 0.25) is 0 Å². The number of aromatic nitrogens is 1. The van der Waals surface area contributed by atoms with E-state index < -0.39 is 11.9 Å². The number of aromatic amines is 1. The van der Waals surface area contributed by atoms with Gasteiger partial charge in [-0.15, -0.1) is 0 Å². The molecule has 2 heterocycles. The summed E-state index contributed by atoms with van der Waals surface area (Å²) in [6.45, 7) is 3.18. The number of anilines is 2. The number of morpholine rings is 1. The van der Waals surface area contributed by atoms with Crippen LogP contribution in [0.25, 0.3) is 22.0 Å². The first-order valence-corrected chi connectivity index (χ1v) is 8.98. The molecule has 8 heteroatoms. The molecule has 4 rings (SSSR count). The van der Waals surface area contributed by atoms with E-state index in [-0.39, 0.29) is 11.4 Å². The first-order valence-electron chi connectivity index (χ1n) is 8.98. The van der Waals surface area contributed by atoms with Crippen molar-refractivity contribution in [2.75, 3.05) is 36.5 Å². The first-order chi connectivity index (χ1) is 13.5. The lowest BCUT2D eigenvalue weighted by molar-refractivity contribution is 0.100. The van der Waals surface area contributed by atoms with Crippen molar-refractivity contribution in [1.29, 1.82) is 0 Å². The van der Waals surface area contributed by atoms with E-state index in [0.717, 1.165) is 43.1 Å². The summed E-state index contributed by atoms with van der Waals surface area (Å²) < 4.78 is 5.42. The number of carbonyl (C=O) groups is 2. The quantitative estimate of drug-likeness (QED) is 0.554. The van der Waals surface area contributed by atoms with E-state index >= 15 is 0 Å². The van der Waals surface area contributed by atoms with Gasteiger partial charge in [0.15, 0.2) is 0 Å². The zero-order valence-electron chi connectivity index (χ0n) is 15.2. The van der Waals surface area contributed by atoms with Gasteiger partial charge in [-0.2, -0.15) is 0 Å². The second kappa shape index (κ2) is 7.24. The molecule has 1 saturated heterocycles. The number of H-pyrrole nitrogens is 1. The number of nitrogens with one attached hydrogen (secondary N) is 2. The fourth-order valence-corrected chi connectivity index (χ4v) is 3.55. The maximum atomic E-state index is 11.8. The van der Waals surface area contributed by atoms with Crippen LogP contribution in [-0.2, 0) is 4.74 Å². The van der Waals surface area contributed by atoms with Gasteiger partial charge in [0.2, 0.25) is 0 Å². The van der Waals surface area contributed by atoms with Crippen LogP contribution in [0.1, 0.15) is 10.4 Å². The zero-order valence-corrected chi connectivity index (χ0v) is 15.2. The SMILES string of the molecule is NC(=O)Nc1[nH]c2cc(-c3cccc(N4CCOCC4)c3)ccc2c1C(N)=O. The van der Waals surface area contributed by atoms with Gasteiger partial charge in [0, 0.05) is 29.7 Å². The van der Waals surface area contributed by atoms with E-state index in [1.807, 2.05) is 30.3 Å². The predicted octanol–water partition coefficient (Wildman–Crippen LogP) is 2.26. The van der Waals surface area contributed by atoms with Crippen molar-refractivity contribution in [2.24, 2.45) is 11.5 Å². The largest absolute Gasteiger partial charge is 0.378 e. The third kappa shape index (κ3) is 3.37. The average molecular weight is 379 g/mol. The van der Waals surface area contributed by atoms with E-state index in [1.165, 1.54) is 0 Å². The summed E-state index contributed by atoms with van der Waals surface area (Å²) in [4.78, 5) is 28.4. The third-order valence-corrected chi connectivity index (χ3v) is 4.85. The molecule has 28 heavy (non-hydrogen) atoms. The van der Waals surface area contributed by atoms with E-state index in [9.17, 15) is 9.59 Å². The predicted molar refractivity (Wildman–Crippen MR) is 108 cm³/mol. The second-order valence-corrected chi connectivity index (χ2v) is 6.64. The van der Waals surface area contributed by atoms with Gasteiger partial charge in [-0.25, -0.2) is 4.79 Å². The summed E-state index contributed by atoms with van der Waals surface area (Å²) in [7, 11) is 0. The fourth-order valence-electron chi connectivity index (χ4n) is 3.55. The number of nitrogens with two attached hydrogens (primary N) is 2. The Morgan fingerprint density at radius 2 is 1.79 bits per heavy atom. The Balaban J connectivity index is 1.74. The van der Waals surface area contributed by atoms with E-state index in [0.29, 0.717) is 10.9 Å². The van der Waals surface area contributed by atoms with Gasteiger partial charge >= 0.3 is 6.03 Å². The number of amides is 3. The molecule has 8 nitrogen and oxygen atoms in total. The maximum absolute atomic E-state index is 11.8. The second-order valence-electron chi connectivity index (χ2n) is 6.64. The molecule has 0 spiro atoms. The van der Waals surface area contributed by atoms with Crippen LogP contribution in [0.15, 0.2) is 42.5 Å². The lowest BCUT2D eigenvalue weighted by atomic mass is 10.0. The fraction of sp³-hybridized carbons (Fsp3) is 0.200. The summed E-state index contributed by atoms with van der Waals surface area (Å²) in [5, 5.41) is 3.05. The minimum Gasteiger partial charge on any atom is -0.378 e. The van der Waals surface area contributed by atoms with Gasteiger partial charge in [-0.05, 0) is 29.3 Å². The van der Waals surface area contributed by atoms with E-state index in [4.69, 9.17) is 16.2 Å². The number of carbonyl (C=O) groups excluding carboxylic acids is 2. The summed E-state index contributed by atoms with van der Waals surface area (Å²) in [6.07, 6.45) is 0. The average Bonchev–Trinajstić information content (AvgIpc) is 3.05.